The van der Waals surface area contributed by atoms with E-state index in [0.29, 0.717) is 5.69 Å². The molecule has 0 bridgehead atoms. The number of benzene rings is 1. The molecule has 1 N–H and O–H groups in total. The first-order chi connectivity index (χ1) is 8.38. The van der Waals surface area contributed by atoms with Gasteiger partial charge in [-0.25, -0.2) is 0 Å². The second-order valence-electron chi connectivity index (χ2n) is 4.86. The highest BCUT2D eigenvalue weighted by Crippen LogP contribution is 2.32. The van der Waals surface area contributed by atoms with Crippen LogP contribution in [-0.2, 0) is 6.18 Å². The summed E-state index contributed by atoms with van der Waals surface area (Å²) >= 11 is 0. The minimum atomic E-state index is -4.28. The van der Waals surface area contributed by atoms with Gasteiger partial charge in [-0.1, -0.05) is 6.07 Å². The van der Waals surface area contributed by atoms with Crippen LogP contribution < -0.4 is 10.2 Å². The fraction of sp³-hybridized carbons (Fsp3) is 0.538. The molecule has 2 rings (SSSR count). The van der Waals surface area contributed by atoms with Crippen molar-refractivity contribution in [3.8, 4) is 0 Å². The van der Waals surface area contributed by atoms with Crippen LogP contribution in [0, 0.1) is 0 Å². The maximum absolute atomic E-state index is 12.7. The van der Waals surface area contributed by atoms with Crippen LogP contribution in [0.4, 0.5) is 18.9 Å². The molecule has 1 aromatic rings. The van der Waals surface area contributed by atoms with Gasteiger partial charge in [0.2, 0.25) is 0 Å². The van der Waals surface area contributed by atoms with Gasteiger partial charge in [-0.2, -0.15) is 13.2 Å². The van der Waals surface area contributed by atoms with Crippen LogP contribution in [0.2, 0.25) is 0 Å². The van der Waals surface area contributed by atoms with E-state index in [1.807, 2.05) is 18.7 Å². The van der Waals surface area contributed by atoms with Gasteiger partial charge in [0, 0.05) is 30.9 Å². The van der Waals surface area contributed by atoms with E-state index in [9.17, 15) is 13.2 Å². The Morgan fingerprint density at radius 3 is 2.67 bits per heavy atom. The van der Waals surface area contributed by atoms with Gasteiger partial charge in [0.1, 0.15) is 0 Å². The van der Waals surface area contributed by atoms with Crippen molar-refractivity contribution in [1.82, 2.24) is 5.32 Å². The summed E-state index contributed by atoms with van der Waals surface area (Å²) in [5.74, 6) is 0. The van der Waals surface area contributed by atoms with Crippen molar-refractivity contribution >= 4 is 5.69 Å². The lowest BCUT2D eigenvalue weighted by molar-refractivity contribution is -0.137. The Labute approximate surface area is 105 Å². The summed E-state index contributed by atoms with van der Waals surface area (Å²) in [4.78, 5) is 2.02. The highest BCUT2D eigenvalue weighted by Gasteiger charge is 2.31. The average molecular weight is 258 g/mol. The number of rotatable bonds is 1. The highest BCUT2D eigenvalue weighted by atomic mass is 19.4. The Bertz CT molecular complexity index is 417. The monoisotopic (exact) mass is 258 g/mol. The quantitative estimate of drug-likeness (QED) is 0.833. The fourth-order valence-corrected chi connectivity index (χ4v) is 2.24. The van der Waals surface area contributed by atoms with Gasteiger partial charge in [-0.15, -0.1) is 0 Å². The standard InChI is InChI=1S/C13H17F3N2/c1-9-8-18(10(2)7-17-9)12-5-3-4-11(6-12)13(14,15)16/h3-6,9-10,17H,7-8H2,1-2H3. The van der Waals surface area contributed by atoms with Crippen molar-refractivity contribution < 1.29 is 13.2 Å². The molecule has 0 saturated carbocycles. The molecule has 100 valence electrons. The Kier molecular flexibility index (Phi) is 3.52. The number of hydrogen-bond donors (Lipinski definition) is 1. The molecule has 0 amide bonds. The van der Waals surface area contributed by atoms with Gasteiger partial charge in [-0.3, -0.25) is 0 Å². The lowest BCUT2D eigenvalue weighted by Crippen LogP contribution is -2.54. The molecule has 2 nitrogen and oxygen atoms in total. The molecular weight excluding hydrogens is 241 g/mol. The van der Waals surface area contributed by atoms with Crippen LogP contribution in [0.5, 0.6) is 0 Å². The van der Waals surface area contributed by atoms with E-state index in [4.69, 9.17) is 0 Å². The first-order valence-electron chi connectivity index (χ1n) is 6.05. The van der Waals surface area contributed by atoms with Gasteiger partial charge < -0.3 is 10.2 Å². The number of nitrogens with one attached hydrogen (secondary N) is 1. The lowest BCUT2D eigenvalue weighted by atomic mass is 10.1. The zero-order valence-corrected chi connectivity index (χ0v) is 10.5. The average Bonchev–Trinajstić information content (AvgIpc) is 2.31. The Morgan fingerprint density at radius 1 is 1.28 bits per heavy atom. The summed E-state index contributed by atoms with van der Waals surface area (Å²) in [7, 11) is 0. The first kappa shape index (κ1) is 13.2. The molecule has 18 heavy (non-hydrogen) atoms. The van der Waals surface area contributed by atoms with E-state index in [1.165, 1.54) is 12.1 Å². The minimum Gasteiger partial charge on any atom is -0.366 e. The van der Waals surface area contributed by atoms with Crippen molar-refractivity contribution in [2.24, 2.45) is 0 Å². The number of alkyl halides is 3. The van der Waals surface area contributed by atoms with Crippen LogP contribution in [-0.4, -0.2) is 25.2 Å². The number of anilines is 1. The smallest absolute Gasteiger partial charge is 0.366 e. The lowest BCUT2D eigenvalue weighted by Gasteiger charge is -2.39. The van der Waals surface area contributed by atoms with Crippen molar-refractivity contribution in [3.05, 3.63) is 29.8 Å². The normalized spacial score (nSPS) is 25.3. The molecule has 2 unspecified atom stereocenters. The molecule has 1 heterocycles. The molecule has 0 aliphatic carbocycles. The number of hydrogen-bond acceptors (Lipinski definition) is 2. The predicted octanol–water partition coefficient (Wildman–Crippen LogP) is 2.89. The van der Waals surface area contributed by atoms with Crippen LogP contribution in [0.3, 0.4) is 0 Å². The minimum absolute atomic E-state index is 0.199. The van der Waals surface area contributed by atoms with Crippen molar-refractivity contribution in [1.29, 1.82) is 0 Å². The van der Waals surface area contributed by atoms with E-state index in [-0.39, 0.29) is 12.1 Å². The summed E-state index contributed by atoms with van der Waals surface area (Å²) in [5, 5.41) is 3.31. The van der Waals surface area contributed by atoms with Gasteiger partial charge in [-0.05, 0) is 32.0 Å². The summed E-state index contributed by atoms with van der Waals surface area (Å²) in [6, 6.07) is 6.04. The molecule has 0 radical (unpaired) electrons. The SMILES string of the molecule is CC1CN(c2cccc(C(F)(F)F)c2)C(C)CN1. The summed E-state index contributed by atoms with van der Waals surface area (Å²) < 4.78 is 38.0. The van der Waals surface area contributed by atoms with Crippen LogP contribution in [0.25, 0.3) is 0 Å². The molecular formula is C13H17F3N2. The Morgan fingerprint density at radius 2 is 2.00 bits per heavy atom. The zero-order chi connectivity index (χ0) is 13.3. The second-order valence-corrected chi connectivity index (χ2v) is 4.86. The third-order valence-electron chi connectivity index (χ3n) is 3.27. The van der Waals surface area contributed by atoms with E-state index >= 15 is 0 Å². The largest absolute Gasteiger partial charge is 0.416 e. The molecule has 5 heteroatoms. The summed E-state index contributed by atoms with van der Waals surface area (Å²) in [5.41, 5.74) is 0.0593. The number of nitrogens with zero attached hydrogens (tertiary/aromatic N) is 1. The van der Waals surface area contributed by atoms with Gasteiger partial charge >= 0.3 is 6.18 Å². The molecule has 1 saturated heterocycles. The Hall–Kier alpha value is -1.23. The fourth-order valence-electron chi connectivity index (χ4n) is 2.24. The second kappa shape index (κ2) is 4.80. The Balaban J connectivity index is 2.27. The first-order valence-corrected chi connectivity index (χ1v) is 6.05. The van der Waals surface area contributed by atoms with Crippen molar-refractivity contribution in [3.63, 3.8) is 0 Å². The van der Waals surface area contributed by atoms with Crippen LogP contribution in [0.15, 0.2) is 24.3 Å². The highest BCUT2D eigenvalue weighted by molar-refractivity contribution is 5.50. The van der Waals surface area contributed by atoms with Gasteiger partial charge in [0.05, 0.1) is 5.56 Å². The number of piperazine rings is 1. The molecule has 0 aromatic heterocycles. The molecule has 1 aromatic carbocycles. The maximum Gasteiger partial charge on any atom is 0.416 e. The third-order valence-corrected chi connectivity index (χ3v) is 3.27. The zero-order valence-electron chi connectivity index (χ0n) is 10.5. The molecule has 1 fully saturated rings. The van der Waals surface area contributed by atoms with E-state index in [0.717, 1.165) is 19.2 Å². The van der Waals surface area contributed by atoms with Crippen LogP contribution >= 0.6 is 0 Å². The van der Waals surface area contributed by atoms with Crippen molar-refractivity contribution in [2.45, 2.75) is 32.1 Å². The maximum atomic E-state index is 12.7. The summed E-state index contributed by atoms with van der Waals surface area (Å²) in [6.45, 7) is 5.56. The topological polar surface area (TPSA) is 15.3 Å². The number of halogens is 3. The molecule has 2 atom stereocenters. The van der Waals surface area contributed by atoms with Gasteiger partial charge in [0.25, 0.3) is 0 Å². The van der Waals surface area contributed by atoms with E-state index < -0.39 is 11.7 Å². The molecule has 1 aliphatic heterocycles. The predicted molar refractivity (Wildman–Crippen MR) is 65.7 cm³/mol. The third kappa shape index (κ3) is 2.77. The van der Waals surface area contributed by atoms with E-state index in [1.54, 1.807) is 6.07 Å². The molecule has 0 spiro atoms. The van der Waals surface area contributed by atoms with E-state index in [2.05, 4.69) is 5.32 Å². The van der Waals surface area contributed by atoms with Crippen molar-refractivity contribution in [2.75, 3.05) is 18.0 Å². The van der Waals surface area contributed by atoms with Gasteiger partial charge in [0.15, 0.2) is 0 Å². The van der Waals surface area contributed by atoms with Crippen LogP contribution in [0.1, 0.15) is 19.4 Å². The summed E-state index contributed by atoms with van der Waals surface area (Å²) in [6.07, 6.45) is -4.28. The molecule has 1 aliphatic rings.